The molecule has 1 heterocycles. The molecule has 75 heavy (non-hydrogen) atoms. The second kappa shape index (κ2) is 50.7. The quantitative estimate of drug-likeness (QED) is 0.0228. The van der Waals surface area contributed by atoms with Crippen LogP contribution in [0.4, 0.5) is 0 Å². The highest BCUT2D eigenvalue weighted by atomic mass is 16.7. The Morgan fingerprint density at radius 3 is 1.29 bits per heavy atom. The highest BCUT2D eigenvalue weighted by Gasteiger charge is 2.50. The van der Waals surface area contributed by atoms with Gasteiger partial charge in [-0.3, -0.25) is 14.4 Å². The van der Waals surface area contributed by atoms with E-state index in [9.17, 15) is 34.5 Å². The number of carboxylic acid groups (broad SMARTS) is 1. The molecule has 3 N–H and O–H groups in total. The van der Waals surface area contributed by atoms with Crippen LogP contribution in [0, 0.1) is 0 Å². The van der Waals surface area contributed by atoms with Gasteiger partial charge in [0.15, 0.2) is 24.6 Å². The minimum absolute atomic E-state index is 0.0220. The van der Waals surface area contributed by atoms with Crippen molar-refractivity contribution in [3.05, 3.63) is 85.1 Å². The maximum absolute atomic E-state index is 13.1. The van der Waals surface area contributed by atoms with Gasteiger partial charge in [0.05, 0.1) is 6.61 Å². The molecular formula is C63H104O12. The molecule has 6 unspecified atom stereocenters. The third-order valence-electron chi connectivity index (χ3n) is 13.0. The summed E-state index contributed by atoms with van der Waals surface area (Å²) in [5.74, 6) is -3.17. The van der Waals surface area contributed by atoms with Crippen LogP contribution in [-0.4, -0.2) is 89.2 Å². The number of rotatable bonds is 49. The predicted molar refractivity (Wildman–Crippen MR) is 303 cm³/mol. The Labute approximate surface area is 454 Å². The van der Waals surface area contributed by atoms with Gasteiger partial charge in [-0.2, -0.15) is 0 Å². The number of carbonyl (C=O) groups excluding carboxylic acids is 3. The number of hydrogen-bond donors (Lipinski definition) is 3. The van der Waals surface area contributed by atoms with Crippen molar-refractivity contribution >= 4 is 23.9 Å². The van der Waals surface area contributed by atoms with Crippen LogP contribution in [0.5, 0.6) is 0 Å². The molecule has 0 amide bonds. The van der Waals surface area contributed by atoms with Crippen LogP contribution in [-0.2, 0) is 42.9 Å². The molecule has 0 bridgehead atoms. The maximum Gasteiger partial charge on any atom is 0.335 e. The van der Waals surface area contributed by atoms with Crippen LogP contribution in [0.3, 0.4) is 0 Å². The summed E-state index contributed by atoms with van der Waals surface area (Å²) in [6.07, 6.45) is 52.7. The summed E-state index contributed by atoms with van der Waals surface area (Å²) in [4.78, 5) is 51.1. The molecule has 6 atom stereocenters. The molecule has 12 heteroatoms. The first-order valence-corrected chi connectivity index (χ1v) is 29.6. The molecule has 0 aromatic carbocycles. The number of aliphatic carboxylic acids is 1. The Hall–Kier alpha value is -4.10. The molecule has 0 radical (unpaired) electrons. The van der Waals surface area contributed by atoms with Gasteiger partial charge < -0.3 is 39.0 Å². The zero-order valence-corrected chi connectivity index (χ0v) is 47.0. The standard InChI is InChI=1S/C63H104O12/c1-4-7-10-13-16-19-22-25-26-27-28-29-30-33-34-37-40-43-46-49-55(64)71-52-54(73-56(65)50-47-44-41-38-35-31-23-20-17-14-11-8-5-2)53-72-63-61(59(68)58(67)60(75-63)62(69)70)74-57(66)51-48-45-42-39-36-32-24-21-18-15-12-9-6-3/h7,9-10,12,16,18-19,21,25-26,28-29,32,36,54,58-61,63,67-68H,4-6,8,11,13-15,17,20,22-24,27,30-31,33-35,37-53H2,1-3H3,(H,69,70)/b10-7-,12-9-,19-16-,21-18-,26-25-,29-28-,36-32-. The number of esters is 3. The van der Waals surface area contributed by atoms with Gasteiger partial charge in [0, 0.05) is 19.3 Å². The van der Waals surface area contributed by atoms with Gasteiger partial charge in [-0.1, -0.05) is 215 Å². The monoisotopic (exact) mass is 1050 g/mol. The molecule has 1 aliphatic rings. The minimum atomic E-state index is -1.92. The Bertz CT molecular complexity index is 1630. The van der Waals surface area contributed by atoms with E-state index in [-0.39, 0.29) is 25.9 Å². The molecule has 1 rings (SSSR count). The number of carbonyl (C=O) groups is 4. The smallest absolute Gasteiger partial charge is 0.335 e. The lowest BCUT2D eigenvalue weighted by molar-refractivity contribution is -0.301. The summed E-state index contributed by atoms with van der Waals surface area (Å²) < 4.78 is 28.4. The van der Waals surface area contributed by atoms with Crippen molar-refractivity contribution in [1.29, 1.82) is 0 Å². The zero-order valence-electron chi connectivity index (χ0n) is 47.0. The van der Waals surface area contributed by atoms with E-state index in [0.717, 1.165) is 122 Å². The lowest BCUT2D eigenvalue weighted by atomic mass is 9.98. The van der Waals surface area contributed by atoms with E-state index in [4.69, 9.17) is 23.7 Å². The van der Waals surface area contributed by atoms with Gasteiger partial charge in [0.1, 0.15) is 18.8 Å². The first kappa shape index (κ1) is 68.9. The minimum Gasteiger partial charge on any atom is -0.479 e. The van der Waals surface area contributed by atoms with E-state index >= 15 is 0 Å². The predicted octanol–water partition coefficient (Wildman–Crippen LogP) is 15.1. The van der Waals surface area contributed by atoms with Crippen LogP contribution in [0.25, 0.3) is 0 Å². The fourth-order valence-corrected chi connectivity index (χ4v) is 8.49. The number of hydrogen-bond acceptors (Lipinski definition) is 11. The summed E-state index contributed by atoms with van der Waals surface area (Å²) in [5, 5.41) is 31.4. The number of ether oxygens (including phenoxy) is 5. The highest BCUT2D eigenvalue weighted by molar-refractivity contribution is 5.74. The SMILES string of the molecule is CC/C=C\C/C=C\C/C=C\C/C=C\CCCCCCCCC(=O)OCC(COC1OC(C(=O)O)C(O)C(O)C1OC(=O)CCCCC/C=C\C/C=C\C/C=C\CC)OC(=O)CCCCCCCCCCCCCCC. The van der Waals surface area contributed by atoms with E-state index in [1.165, 1.54) is 57.8 Å². The Balaban J connectivity index is 2.70. The maximum atomic E-state index is 13.1. The summed E-state index contributed by atoms with van der Waals surface area (Å²) >= 11 is 0. The van der Waals surface area contributed by atoms with Crippen molar-refractivity contribution in [2.24, 2.45) is 0 Å². The normalized spacial score (nSPS) is 18.8. The Morgan fingerprint density at radius 1 is 0.453 bits per heavy atom. The van der Waals surface area contributed by atoms with Crippen LogP contribution in [0.15, 0.2) is 85.1 Å². The number of unbranched alkanes of at least 4 members (excludes halogenated alkanes) is 21. The summed E-state index contributed by atoms with van der Waals surface area (Å²) in [7, 11) is 0. The fraction of sp³-hybridized carbons (Fsp3) is 0.714. The Kier molecular flexibility index (Phi) is 46.6. The molecule has 0 spiro atoms. The van der Waals surface area contributed by atoms with E-state index in [0.29, 0.717) is 19.3 Å². The number of allylic oxidation sites excluding steroid dienone is 14. The van der Waals surface area contributed by atoms with Gasteiger partial charge in [-0.25, -0.2) is 4.79 Å². The number of aliphatic hydroxyl groups is 2. The third kappa shape index (κ3) is 40.8. The molecule has 0 aliphatic carbocycles. The van der Waals surface area contributed by atoms with Gasteiger partial charge in [0.25, 0.3) is 0 Å². The summed E-state index contributed by atoms with van der Waals surface area (Å²) in [6.45, 7) is 5.73. The van der Waals surface area contributed by atoms with E-state index < -0.39 is 67.3 Å². The second-order valence-corrected chi connectivity index (χ2v) is 19.9. The lowest BCUT2D eigenvalue weighted by Crippen LogP contribution is -2.61. The van der Waals surface area contributed by atoms with Crippen molar-refractivity contribution < 1.29 is 58.2 Å². The Morgan fingerprint density at radius 2 is 0.840 bits per heavy atom. The van der Waals surface area contributed by atoms with E-state index in [2.05, 4.69) is 106 Å². The molecule has 0 saturated carbocycles. The van der Waals surface area contributed by atoms with Crippen molar-refractivity contribution in [3.63, 3.8) is 0 Å². The van der Waals surface area contributed by atoms with Crippen LogP contribution >= 0.6 is 0 Å². The zero-order chi connectivity index (χ0) is 54.7. The first-order valence-electron chi connectivity index (χ1n) is 29.6. The molecule has 428 valence electrons. The average molecular weight is 1050 g/mol. The largest absolute Gasteiger partial charge is 0.479 e. The van der Waals surface area contributed by atoms with Crippen molar-refractivity contribution in [2.75, 3.05) is 13.2 Å². The van der Waals surface area contributed by atoms with Crippen molar-refractivity contribution in [3.8, 4) is 0 Å². The van der Waals surface area contributed by atoms with Crippen molar-refractivity contribution in [1.82, 2.24) is 0 Å². The van der Waals surface area contributed by atoms with Gasteiger partial charge in [-0.15, -0.1) is 0 Å². The number of carboxylic acids is 1. The van der Waals surface area contributed by atoms with Crippen LogP contribution in [0.2, 0.25) is 0 Å². The summed E-state index contributed by atoms with van der Waals surface area (Å²) in [5.41, 5.74) is 0. The van der Waals surface area contributed by atoms with Crippen molar-refractivity contribution in [2.45, 2.75) is 276 Å². The van der Waals surface area contributed by atoms with Gasteiger partial charge >= 0.3 is 23.9 Å². The molecule has 1 fully saturated rings. The molecule has 0 aromatic heterocycles. The molecule has 1 aliphatic heterocycles. The van der Waals surface area contributed by atoms with E-state index in [1.54, 1.807) is 0 Å². The van der Waals surface area contributed by atoms with Gasteiger partial charge in [0.2, 0.25) is 0 Å². The van der Waals surface area contributed by atoms with Crippen LogP contribution in [0.1, 0.15) is 239 Å². The van der Waals surface area contributed by atoms with Gasteiger partial charge in [-0.05, 0) is 89.9 Å². The van der Waals surface area contributed by atoms with Crippen LogP contribution < -0.4 is 0 Å². The molecular weight excluding hydrogens is 949 g/mol. The first-order chi connectivity index (χ1) is 36.6. The molecule has 12 nitrogen and oxygen atoms in total. The number of aliphatic hydroxyl groups excluding tert-OH is 2. The lowest BCUT2D eigenvalue weighted by Gasteiger charge is -2.40. The highest BCUT2D eigenvalue weighted by Crippen LogP contribution is 2.26. The molecule has 0 aromatic rings. The molecule has 1 saturated heterocycles. The second-order valence-electron chi connectivity index (χ2n) is 19.9. The van der Waals surface area contributed by atoms with E-state index in [1.807, 2.05) is 0 Å². The topological polar surface area (TPSA) is 175 Å². The average Bonchev–Trinajstić information content (AvgIpc) is 3.39. The summed E-state index contributed by atoms with van der Waals surface area (Å²) in [6, 6.07) is 0. The third-order valence-corrected chi connectivity index (χ3v) is 13.0. The fourth-order valence-electron chi connectivity index (χ4n) is 8.49.